The van der Waals surface area contributed by atoms with E-state index in [9.17, 15) is 4.79 Å². The minimum Gasteiger partial charge on any atom is -0.496 e. The first-order valence-corrected chi connectivity index (χ1v) is 11.4. The highest BCUT2D eigenvalue weighted by Crippen LogP contribution is 2.41. The predicted octanol–water partition coefficient (Wildman–Crippen LogP) is 3.71. The number of amides is 1. The SMILES string of the molecule is COc1cc2c(cc1-c1nnc(SCC(=O)NCc3ccccc3Cl)n1C)OCCCO2. The number of ether oxygens (including phenoxy) is 3. The number of hydrogen-bond donors (Lipinski definition) is 1. The van der Waals surface area contributed by atoms with Gasteiger partial charge in [-0.05, 0) is 17.7 Å². The van der Waals surface area contributed by atoms with Crippen LogP contribution < -0.4 is 19.5 Å². The molecule has 0 bridgehead atoms. The number of hydrogen-bond acceptors (Lipinski definition) is 7. The molecule has 0 spiro atoms. The third-order valence-electron chi connectivity index (χ3n) is 4.91. The lowest BCUT2D eigenvalue weighted by atomic mass is 10.1. The second-order valence-electron chi connectivity index (χ2n) is 7.07. The number of carbonyl (C=O) groups is 1. The summed E-state index contributed by atoms with van der Waals surface area (Å²) in [5.74, 6) is 2.60. The van der Waals surface area contributed by atoms with Gasteiger partial charge in [-0.2, -0.15) is 0 Å². The Balaban J connectivity index is 1.45. The van der Waals surface area contributed by atoms with Crippen LogP contribution in [0.25, 0.3) is 11.4 Å². The lowest BCUT2D eigenvalue weighted by molar-refractivity contribution is -0.118. The van der Waals surface area contributed by atoms with Crippen molar-refractivity contribution < 1.29 is 19.0 Å². The van der Waals surface area contributed by atoms with E-state index in [0.717, 1.165) is 17.5 Å². The van der Waals surface area contributed by atoms with Crippen LogP contribution in [0.3, 0.4) is 0 Å². The van der Waals surface area contributed by atoms with Crippen molar-refractivity contribution in [1.82, 2.24) is 20.1 Å². The molecule has 0 saturated carbocycles. The van der Waals surface area contributed by atoms with Crippen molar-refractivity contribution in [3.63, 3.8) is 0 Å². The second-order valence-corrected chi connectivity index (χ2v) is 8.42. The summed E-state index contributed by atoms with van der Waals surface area (Å²) in [5, 5.41) is 12.7. The molecule has 2 heterocycles. The monoisotopic (exact) mass is 474 g/mol. The zero-order chi connectivity index (χ0) is 22.5. The lowest BCUT2D eigenvalue weighted by Crippen LogP contribution is -2.24. The van der Waals surface area contributed by atoms with Crippen molar-refractivity contribution in [1.29, 1.82) is 0 Å². The number of halogens is 1. The maximum Gasteiger partial charge on any atom is 0.230 e. The first-order valence-electron chi connectivity index (χ1n) is 10.1. The van der Waals surface area contributed by atoms with Gasteiger partial charge in [0.15, 0.2) is 22.5 Å². The Hall–Kier alpha value is -2.91. The highest BCUT2D eigenvalue weighted by Gasteiger charge is 2.21. The van der Waals surface area contributed by atoms with Gasteiger partial charge in [-0.15, -0.1) is 10.2 Å². The van der Waals surface area contributed by atoms with Crippen LogP contribution in [0.15, 0.2) is 41.6 Å². The molecule has 3 aromatic rings. The fourth-order valence-electron chi connectivity index (χ4n) is 3.23. The maximum absolute atomic E-state index is 12.3. The summed E-state index contributed by atoms with van der Waals surface area (Å²) in [5.41, 5.74) is 1.61. The van der Waals surface area contributed by atoms with E-state index >= 15 is 0 Å². The molecule has 1 aromatic heterocycles. The molecule has 32 heavy (non-hydrogen) atoms. The topological polar surface area (TPSA) is 87.5 Å². The minimum absolute atomic E-state index is 0.118. The van der Waals surface area contributed by atoms with Crippen LogP contribution in [0.1, 0.15) is 12.0 Å². The number of nitrogens with zero attached hydrogens (tertiary/aromatic N) is 3. The molecule has 0 unspecified atom stereocenters. The first kappa shape index (κ1) is 22.3. The van der Waals surface area contributed by atoms with E-state index in [-0.39, 0.29) is 11.7 Å². The van der Waals surface area contributed by atoms with E-state index < -0.39 is 0 Å². The average molecular weight is 475 g/mol. The third kappa shape index (κ3) is 4.94. The summed E-state index contributed by atoms with van der Waals surface area (Å²) in [6, 6.07) is 11.1. The van der Waals surface area contributed by atoms with Crippen LogP contribution in [0.2, 0.25) is 5.02 Å². The Morgan fingerprint density at radius 2 is 1.97 bits per heavy atom. The molecule has 4 rings (SSSR count). The van der Waals surface area contributed by atoms with Gasteiger partial charge >= 0.3 is 0 Å². The van der Waals surface area contributed by atoms with Crippen LogP contribution in [-0.2, 0) is 18.4 Å². The van der Waals surface area contributed by atoms with E-state index in [1.807, 2.05) is 35.9 Å². The number of aromatic nitrogens is 3. The van der Waals surface area contributed by atoms with Gasteiger partial charge in [0.05, 0.1) is 31.6 Å². The zero-order valence-electron chi connectivity index (χ0n) is 17.8. The normalized spacial score (nSPS) is 12.8. The Kier molecular flexibility index (Phi) is 7.06. The van der Waals surface area contributed by atoms with Gasteiger partial charge in [0.2, 0.25) is 5.91 Å². The molecule has 1 aliphatic heterocycles. The minimum atomic E-state index is -0.118. The summed E-state index contributed by atoms with van der Waals surface area (Å²) in [7, 11) is 3.44. The quantitative estimate of drug-likeness (QED) is 0.522. The summed E-state index contributed by atoms with van der Waals surface area (Å²) < 4.78 is 18.9. The number of benzene rings is 2. The van der Waals surface area contributed by atoms with Crippen molar-refractivity contribution >= 4 is 29.3 Å². The molecular formula is C22H23ClN4O4S. The van der Waals surface area contributed by atoms with E-state index in [1.165, 1.54) is 11.8 Å². The number of methoxy groups -OCH3 is 1. The summed E-state index contributed by atoms with van der Waals surface area (Å²) in [6.07, 6.45) is 0.815. The molecular weight excluding hydrogens is 452 g/mol. The van der Waals surface area contributed by atoms with Crippen LogP contribution in [0.5, 0.6) is 17.2 Å². The van der Waals surface area contributed by atoms with Crippen LogP contribution in [0.4, 0.5) is 0 Å². The fraction of sp³-hybridized carbons (Fsp3) is 0.318. The summed E-state index contributed by atoms with van der Waals surface area (Å²) in [4.78, 5) is 12.3. The molecule has 8 nitrogen and oxygen atoms in total. The van der Waals surface area contributed by atoms with Crippen molar-refractivity contribution in [3.8, 4) is 28.6 Å². The highest BCUT2D eigenvalue weighted by molar-refractivity contribution is 7.99. The number of carbonyl (C=O) groups excluding carboxylic acids is 1. The smallest absolute Gasteiger partial charge is 0.230 e. The number of rotatable bonds is 7. The van der Waals surface area contributed by atoms with E-state index in [4.69, 9.17) is 25.8 Å². The van der Waals surface area contributed by atoms with Crippen molar-refractivity contribution in [2.24, 2.45) is 7.05 Å². The van der Waals surface area contributed by atoms with Gasteiger partial charge < -0.3 is 24.1 Å². The van der Waals surface area contributed by atoms with E-state index in [0.29, 0.717) is 53.0 Å². The molecule has 0 fully saturated rings. The van der Waals surface area contributed by atoms with E-state index in [2.05, 4.69) is 15.5 Å². The van der Waals surface area contributed by atoms with Crippen LogP contribution in [0, 0.1) is 0 Å². The highest BCUT2D eigenvalue weighted by atomic mass is 35.5. The van der Waals surface area contributed by atoms with Gasteiger partial charge in [0.1, 0.15) is 5.75 Å². The number of fused-ring (bicyclic) bond motifs is 1. The second kappa shape index (κ2) is 10.1. The van der Waals surface area contributed by atoms with Gasteiger partial charge in [0, 0.05) is 31.1 Å². The molecule has 0 aliphatic carbocycles. The predicted molar refractivity (Wildman–Crippen MR) is 123 cm³/mol. The Bertz CT molecular complexity index is 1120. The molecule has 1 amide bonds. The van der Waals surface area contributed by atoms with Crippen LogP contribution in [-0.4, -0.2) is 46.7 Å². The van der Waals surface area contributed by atoms with E-state index in [1.54, 1.807) is 19.2 Å². The first-order chi connectivity index (χ1) is 15.6. The van der Waals surface area contributed by atoms with Crippen molar-refractivity contribution in [3.05, 3.63) is 47.0 Å². The molecule has 10 heteroatoms. The summed E-state index contributed by atoms with van der Waals surface area (Å²) in [6.45, 7) is 1.55. The standard InChI is InChI=1S/C22H23ClN4O4S/c1-27-21(15-10-18-19(11-17(15)29-2)31-9-5-8-30-18)25-26-22(27)32-13-20(28)24-12-14-6-3-4-7-16(14)23/h3-4,6-7,10-11H,5,8-9,12-13H2,1-2H3,(H,24,28). The summed E-state index contributed by atoms with van der Waals surface area (Å²) >= 11 is 7.44. The lowest BCUT2D eigenvalue weighted by Gasteiger charge is -2.13. The Labute approximate surface area is 195 Å². The number of nitrogens with one attached hydrogen (secondary N) is 1. The third-order valence-corrected chi connectivity index (χ3v) is 6.30. The van der Waals surface area contributed by atoms with Gasteiger partial charge in [0.25, 0.3) is 0 Å². The fourth-order valence-corrected chi connectivity index (χ4v) is 4.17. The number of thioether (sulfide) groups is 1. The van der Waals surface area contributed by atoms with Crippen molar-refractivity contribution in [2.75, 3.05) is 26.1 Å². The molecule has 1 N–H and O–H groups in total. The molecule has 168 valence electrons. The Morgan fingerprint density at radius 3 is 2.72 bits per heavy atom. The largest absolute Gasteiger partial charge is 0.496 e. The molecule has 2 aromatic carbocycles. The molecule has 0 saturated heterocycles. The maximum atomic E-state index is 12.3. The molecule has 1 aliphatic rings. The van der Waals surface area contributed by atoms with Crippen molar-refractivity contribution in [2.45, 2.75) is 18.1 Å². The van der Waals surface area contributed by atoms with Crippen LogP contribution >= 0.6 is 23.4 Å². The zero-order valence-corrected chi connectivity index (χ0v) is 19.3. The Morgan fingerprint density at radius 1 is 1.22 bits per heavy atom. The van der Waals surface area contributed by atoms with Gasteiger partial charge in [-0.1, -0.05) is 41.6 Å². The average Bonchev–Trinajstić information content (AvgIpc) is 3.01. The molecule has 0 atom stereocenters. The van der Waals surface area contributed by atoms with Gasteiger partial charge in [-0.3, -0.25) is 4.79 Å². The van der Waals surface area contributed by atoms with Gasteiger partial charge in [-0.25, -0.2) is 0 Å². The molecule has 0 radical (unpaired) electrons.